The predicted octanol–water partition coefficient (Wildman–Crippen LogP) is 4.96. The Bertz CT molecular complexity index is 836. The monoisotopic (exact) mass is 302 g/mol. The third-order valence-electron chi connectivity index (χ3n) is 3.30. The van der Waals surface area contributed by atoms with E-state index >= 15 is 0 Å². The summed E-state index contributed by atoms with van der Waals surface area (Å²) in [5, 5.41) is 0.936. The summed E-state index contributed by atoms with van der Waals surface area (Å²) >= 11 is 5.62. The summed E-state index contributed by atoms with van der Waals surface area (Å²) in [6.45, 7) is 1.98. The fraction of sp³-hybridized carbons (Fsp3) is 0.118. The molecule has 1 aromatic heterocycles. The van der Waals surface area contributed by atoms with Gasteiger partial charge in [0.1, 0.15) is 11.4 Å². The first-order valence-corrected chi connectivity index (χ1v) is 6.88. The molecule has 2 aromatic carbocycles. The number of ketones is 1. The van der Waals surface area contributed by atoms with Crippen molar-refractivity contribution in [3.8, 4) is 0 Å². The Morgan fingerprint density at radius 2 is 2.00 bits per heavy atom. The van der Waals surface area contributed by atoms with Crippen LogP contribution in [0.3, 0.4) is 0 Å². The molecule has 4 heteroatoms. The van der Waals surface area contributed by atoms with Gasteiger partial charge in [-0.25, -0.2) is 4.39 Å². The summed E-state index contributed by atoms with van der Waals surface area (Å²) in [6, 6.07) is 11.8. The van der Waals surface area contributed by atoms with Crippen LogP contribution in [0.25, 0.3) is 11.0 Å². The summed E-state index contributed by atoms with van der Waals surface area (Å²) in [5.41, 5.74) is 2.34. The minimum atomic E-state index is -0.526. The molecule has 0 atom stereocenters. The van der Waals surface area contributed by atoms with Crippen LogP contribution in [0.5, 0.6) is 0 Å². The van der Waals surface area contributed by atoms with Gasteiger partial charge < -0.3 is 4.42 Å². The highest BCUT2D eigenvalue weighted by atomic mass is 35.5. The molecule has 0 aliphatic heterocycles. The average Bonchev–Trinajstić information content (AvgIpc) is 2.86. The minimum Gasteiger partial charge on any atom is -0.453 e. The third kappa shape index (κ3) is 2.83. The lowest BCUT2D eigenvalue weighted by atomic mass is 10.1. The molecule has 0 aliphatic carbocycles. The molecule has 106 valence electrons. The van der Waals surface area contributed by atoms with Crippen molar-refractivity contribution < 1.29 is 13.6 Å². The van der Waals surface area contributed by atoms with E-state index in [1.54, 1.807) is 12.1 Å². The zero-order chi connectivity index (χ0) is 15.0. The van der Waals surface area contributed by atoms with Crippen molar-refractivity contribution in [2.45, 2.75) is 13.3 Å². The fourth-order valence-corrected chi connectivity index (χ4v) is 2.34. The molecule has 0 bridgehead atoms. The topological polar surface area (TPSA) is 30.2 Å². The summed E-state index contributed by atoms with van der Waals surface area (Å²) in [4.78, 5) is 12.2. The number of hydrogen-bond acceptors (Lipinski definition) is 2. The standard InChI is InChI=1S/C17H12ClFO2/c1-10-2-5-16-12(6-10)9-17(21-16)15(20)8-11-3-4-13(18)14(19)7-11/h2-7,9H,8H2,1H3. The van der Waals surface area contributed by atoms with E-state index in [4.69, 9.17) is 16.0 Å². The molecule has 3 rings (SSSR count). The van der Waals surface area contributed by atoms with Crippen LogP contribution in [0.1, 0.15) is 21.7 Å². The quantitative estimate of drug-likeness (QED) is 0.640. The van der Waals surface area contributed by atoms with Crippen LogP contribution in [-0.4, -0.2) is 5.78 Å². The Morgan fingerprint density at radius 1 is 1.19 bits per heavy atom. The molecule has 21 heavy (non-hydrogen) atoms. The van der Waals surface area contributed by atoms with Gasteiger partial charge in [0.2, 0.25) is 5.78 Å². The number of rotatable bonds is 3. The maximum atomic E-state index is 13.4. The summed E-state index contributed by atoms with van der Waals surface area (Å²) in [6.07, 6.45) is 0.0763. The highest BCUT2D eigenvalue weighted by Gasteiger charge is 2.14. The lowest BCUT2D eigenvalue weighted by Crippen LogP contribution is -2.02. The van der Waals surface area contributed by atoms with Crippen LogP contribution in [0.2, 0.25) is 5.02 Å². The molecule has 3 aromatic rings. The Morgan fingerprint density at radius 3 is 2.76 bits per heavy atom. The van der Waals surface area contributed by atoms with Gasteiger partial charge >= 0.3 is 0 Å². The third-order valence-corrected chi connectivity index (χ3v) is 3.60. The largest absolute Gasteiger partial charge is 0.453 e. The summed E-state index contributed by atoms with van der Waals surface area (Å²) in [7, 11) is 0. The first-order chi connectivity index (χ1) is 10.0. The van der Waals surface area contributed by atoms with Crippen molar-refractivity contribution in [1.82, 2.24) is 0 Å². The SMILES string of the molecule is Cc1ccc2oc(C(=O)Cc3ccc(Cl)c(F)c3)cc2c1. The molecule has 0 unspecified atom stereocenters. The number of carbonyl (C=O) groups is 1. The molecule has 2 nitrogen and oxygen atoms in total. The van der Waals surface area contributed by atoms with Crippen molar-refractivity contribution in [2.75, 3.05) is 0 Å². The molecule has 0 fully saturated rings. The zero-order valence-electron chi connectivity index (χ0n) is 11.3. The van der Waals surface area contributed by atoms with Gasteiger partial charge in [-0.2, -0.15) is 0 Å². The van der Waals surface area contributed by atoms with Gasteiger partial charge in [-0.15, -0.1) is 0 Å². The number of carbonyl (C=O) groups excluding carboxylic acids is 1. The van der Waals surface area contributed by atoms with Crippen molar-refractivity contribution in [1.29, 1.82) is 0 Å². The zero-order valence-corrected chi connectivity index (χ0v) is 12.1. The Balaban J connectivity index is 1.87. The number of hydrogen-bond donors (Lipinski definition) is 0. The van der Waals surface area contributed by atoms with E-state index in [1.807, 2.05) is 25.1 Å². The lowest BCUT2D eigenvalue weighted by molar-refractivity contribution is 0.0968. The molecule has 0 N–H and O–H groups in total. The molecule has 0 spiro atoms. The van der Waals surface area contributed by atoms with E-state index in [-0.39, 0.29) is 23.0 Å². The molecule has 0 radical (unpaired) electrons. The second-order valence-electron chi connectivity index (χ2n) is 5.00. The van der Waals surface area contributed by atoms with Gasteiger partial charge in [0, 0.05) is 11.8 Å². The van der Waals surface area contributed by atoms with Gasteiger partial charge in [0.05, 0.1) is 5.02 Å². The Hall–Kier alpha value is -2.13. The molecular formula is C17H12ClFO2. The van der Waals surface area contributed by atoms with Crippen molar-refractivity contribution >= 4 is 28.4 Å². The molecule has 0 aliphatic rings. The van der Waals surface area contributed by atoms with E-state index < -0.39 is 5.82 Å². The van der Waals surface area contributed by atoms with Gasteiger partial charge in [0.25, 0.3) is 0 Å². The van der Waals surface area contributed by atoms with Crippen LogP contribution >= 0.6 is 11.6 Å². The fourth-order valence-electron chi connectivity index (χ4n) is 2.22. The number of aryl methyl sites for hydroxylation is 1. The van der Waals surface area contributed by atoms with E-state index in [0.29, 0.717) is 11.1 Å². The molecule has 1 heterocycles. The van der Waals surface area contributed by atoms with Gasteiger partial charge in [0.15, 0.2) is 5.76 Å². The van der Waals surface area contributed by atoms with Crippen LogP contribution in [-0.2, 0) is 6.42 Å². The normalized spacial score (nSPS) is 11.0. The number of furan rings is 1. The number of Topliss-reactive ketones (excluding diaryl/α,β-unsaturated/α-hetero) is 1. The molecule has 0 saturated heterocycles. The highest BCUT2D eigenvalue weighted by molar-refractivity contribution is 6.30. The van der Waals surface area contributed by atoms with Gasteiger partial charge in [-0.1, -0.05) is 29.3 Å². The molecular weight excluding hydrogens is 291 g/mol. The predicted molar refractivity (Wildman–Crippen MR) is 80.4 cm³/mol. The van der Waals surface area contributed by atoms with Gasteiger partial charge in [-0.3, -0.25) is 4.79 Å². The van der Waals surface area contributed by atoms with Crippen LogP contribution in [0.15, 0.2) is 46.9 Å². The molecule has 0 saturated carbocycles. The van der Waals surface area contributed by atoms with E-state index in [9.17, 15) is 9.18 Å². The van der Waals surface area contributed by atoms with E-state index in [2.05, 4.69) is 0 Å². The molecule has 0 amide bonds. The first-order valence-electron chi connectivity index (χ1n) is 6.50. The summed E-state index contributed by atoms with van der Waals surface area (Å²) in [5.74, 6) is -0.432. The van der Waals surface area contributed by atoms with Crippen molar-refractivity contribution in [3.63, 3.8) is 0 Å². The summed E-state index contributed by atoms with van der Waals surface area (Å²) < 4.78 is 18.9. The Labute approximate surface area is 126 Å². The van der Waals surface area contributed by atoms with Crippen LogP contribution < -0.4 is 0 Å². The number of halogens is 2. The van der Waals surface area contributed by atoms with Crippen molar-refractivity contribution in [3.05, 3.63) is 70.2 Å². The Kier molecular flexibility index (Phi) is 3.52. The average molecular weight is 303 g/mol. The maximum Gasteiger partial charge on any atom is 0.202 e. The highest BCUT2D eigenvalue weighted by Crippen LogP contribution is 2.22. The lowest BCUT2D eigenvalue weighted by Gasteiger charge is -2.00. The second-order valence-corrected chi connectivity index (χ2v) is 5.41. The minimum absolute atomic E-state index is 0.0467. The number of fused-ring (bicyclic) bond motifs is 1. The number of benzene rings is 2. The van der Waals surface area contributed by atoms with E-state index in [1.165, 1.54) is 12.1 Å². The smallest absolute Gasteiger partial charge is 0.202 e. The first kappa shape index (κ1) is 13.8. The van der Waals surface area contributed by atoms with E-state index in [0.717, 1.165) is 10.9 Å². The maximum absolute atomic E-state index is 13.4. The van der Waals surface area contributed by atoms with Crippen LogP contribution in [0, 0.1) is 12.7 Å². The van der Waals surface area contributed by atoms with Crippen LogP contribution in [0.4, 0.5) is 4.39 Å². The van der Waals surface area contributed by atoms with Gasteiger partial charge in [-0.05, 0) is 42.8 Å². The second kappa shape index (κ2) is 5.34. The van der Waals surface area contributed by atoms with Crippen molar-refractivity contribution in [2.24, 2.45) is 0 Å².